The Morgan fingerprint density at radius 2 is 1.88 bits per heavy atom. The van der Waals surface area contributed by atoms with Gasteiger partial charge < -0.3 is 10.5 Å². The van der Waals surface area contributed by atoms with Crippen LogP contribution in [0.4, 0.5) is 8.78 Å². The van der Waals surface area contributed by atoms with Gasteiger partial charge in [0.1, 0.15) is 0 Å². The standard InChI is InChI=1S/C13H17F2NO/c14-11-6-10(8-16)7-12(15)13(11)17-5-4-9-2-1-3-9/h6-7,9H,1-5,8,16H2. The summed E-state index contributed by atoms with van der Waals surface area (Å²) >= 11 is 0. The van der Waals surface area contributed by atoms with Crippen molar-refractivity contribution in [2.45, 2.75) is 32.2 Å². The second-order valence-electron chi connectivity index (χ2n) is 4.53. The lowest BCUT2D eigenvalue weighted by atomic mass is 9.83. The van der Waals surface area contributed by atoms with Crippen LogP contribution in [0.25, 0.3) is 0 Å². The molecule has 1 aromatic carbocycles. The van der Waals surface area contributed by atoms with Gasteiger partial charge in [0.05, 0.1) is 6.61 Å². The quantitative estimate of drug-likeness (QED) is 0.860. The molecule has 1 aliphatic carbocycles. The van der Waals surface area contributed by atoms with Crippen molar-refractivity contribution in [3.63, 3.8) is 0 Å². The summed E-state index contributed by atoms with van der Waals surface area (Å²) in [6, 6.07) is 2.45. The first-order valence-corrected chi connectivity index (χ1v) is 6.01. The van der Waals surface area contributed by atoms with Crippen molar-refractivity contribution in [3.05, 3.63) is 29.3 Å². The topological polar surface area (TPSA) is 35.2 Å². The molecule has 1 saturated carbocycles. The Morgan fingerprint density at radius 3 is 2.35 bits per heavy atom. The van der Waals surface area contributed by atoms with Gasteiger partial charge in [0.15, 0.2) is 17.4 Å². The number of nitrogens with two attached hydrogens (primary N) is 1. The highest BCUT2D eigenvalue weighted by Crippen LogP contribution is 2.30. The first-order valence-electron chi connectivity index (χ1n) is 6.01. The smallest absolute Gasteiger partial charge is 0.190 e. The van der Waals surface area contributed by atoms with Crippen molar-refractivity contribution < 1.29 is 13.5 Å². The molecule has 1 aliphatic rings. The fraction of sp³-hybridized carbons (Fsp3) is 0.538. The van der Waals surface area contributed by atoms with Crippen molar-refractivity contribution >= 4 is 0 Å². The molecule has 0 bridgehead atoms. The molecule has 2 rings (SSSR count). The first-order chi connectivity index (χ1) is 8.20. The highest BCUT2D eigenvalue weighted by molar-refractivity contribution is 5.31. The van der Waals surface area contributed by atoms with Gasteiger partial charge in [-0.15, -0.1) is 0 Å². The van der Waals surface area contributed by atoms with Crippen LogP contribution in [-0.4, -0.2) is 6.61 Å². The normalized spacial score (nSPS) is 15.7. The minimum atomic E-state index is -0.668. The lowest BCUT2D eigenvalue weighted by molar-refractivity contribution is 0.210. The maximum atomic E-state index is 13.5. The fourth-order valence-corrected chi connectivity index (χ4v) is 1.98. The van der Waals surface area contributed by atoms with E-state index < -0.39 is 11.6 Å². The van der Waals surface area contributed by atoms with Gasteiger partial charge in [-0.2, -0.15) is 0 Å². The van der Waals surface area contributed by atoms with Gasteiger partial charge in [0.25, 0.3) is 0 Å². The van der Waals surface area contributed by atoms with E-state index in [4.69, 9.17) is 10.5 Å². The molecule has 0 unspecified atom stereocenters. The Labute approximate surface area is 99.8 Å². The summed E-state index contributed by atoms with van der Waals surface area (Å²) in [5.74, 6) is -0.941. The summed E-state index contributed by atoms with van der Waals surface area (Å²) in [6.07, 6.45) is 4.55. The number of ether oxygens (including phenoxy) is 1. The van der Waals surface area contributed by atoms with E-state index in [9.17, 15) is 8.78 Å². The lowest BCUT2D eigenvalue weighted by Gasteiger charge is -2.25. The molecular formula is C13H17F2NO. The Morgan fingerprint density at radius 1 is 1.24 bits per heavy atom. The molecule has 4 heteroatoms. The van der Waals surface area contributed by atoms with Crippen LogP contribution >= 0.6 is 0 Å². The SMILES string of the molecule is NCc1cc(F)c(OCCC2CCC2)c(F)c1. The molecular weight excluding hydrogens is 224 g/mol. The summed E-state index contributed by atoms with van der Waals surface area (Å²) < 4.78 is 32.2. The molecule has 1 fully saturated rings. The van der Waals surface area contributed by atoms with Crippen LogP contribution in [0.1, 0.15) is 31.2 Å². The van der Waals surface area contributed by atoms with Gasteiger partial charge in [-0.1, -0.05) is 19.3 Å². The highest BCUT2D eigenvalue weighted by atomic mass is 19.1. The third-order valence-corrected chi connectivity index (χ3v) is 3.29. The number of hydrogen-bond donors (Lipinski definition) is 1. The third-order valence-electron chi connectivity index (χ3n) is 3.29. The van der Waals surface area contributed by atoms with E-state index in [2.05, 4.69) is 0 Å². The number of benzene rings is 1. The molecule has 0 aliphatic heterocycles. The molecule has 0 aromatic heterocycles. The van der Waals surface area contributed by atoms with Crippen molar-refractivity contribution in [1.29, 1.82) is 0 Å². The largest absolute Gasteiger partial charge is 0.488 e. The van der Waals surface area contributed by atoms with Crippen LogP contribution in [0.3, 0.4) is 0 Å². The second kappa shape index (κ2) is 5.45. The van der Waals surface area contributed by atoms with E-state index in [1.165, 1.54) is 31.4 Å². The molecule has 0 radical (unpaired) electrons. The van der Waals surface area contributed by atoms with Crippen LogP contribution in [0.5, 0.6) is 5.75 Å². The van der Waals surface area contributed by atoms with E-state index in [1.807, 2.05) is 0 Å². The Balaban J connectivity index is 1.94. The van der Waals surface area contributed by atoms with Crippen molar-refractivity contribution in [3.8, 4) is 5.75 Å². The summed E-state index contributed by atoms with van der Waals surface area (Å²) in [5.41, 5.74) is 5.77. The molecule has 94 valence electrons. The molecule has 0 amide bonds. The zero-order valence-electron chi connectivity index (χ0n) is 9.72. The van der Waals surface area contributed by atoms with Gasteiger partial charge in [0, 0.05) is 6.54 Å². The van der Waals surface area contributed by atoms with Crippen molar-refractivity contribution in [2.24, 2.45) is 11.7 Å². The molecule has 2 N–H and O–H groups in total. The number of rotatable bonds is 5. The van der Waals surface area contributed by atoms with Gasteiger partial charge in [-0.25, -0.2) is 8.78 Å². The average molecular weight is 241 g/mol. The Kier molecular flexibility index (Phi) is 3.94. The summed E-state index contributed by atoms with van der Waals surface area (Å²) in [7, 11) is 0. The van der Waals surface area contributed by atoms with Crippen LogP contribution in [0.15, 0.2) is 12.1 Å². The minimum Gasteiger partial charge on any atom is -0.488 e. The third kappa shape index (κ3) is 2.94. The summed E-state index contributed by atoms with van der Waals surface area (Å²) in [5, 5.41) is 0. The molecule has 0 saturated heterocycles. The monoisotopic (exact) mass is 241 g/mol. The zero-order chi connectivity index (χ0) is 12.3. The first kappa shape index (κ1) is 12.3. The summed E-state index contributed by atoms with van der Waals surface area (Å²) in [4.78, 5) is 0. The van der Waals surface area contributed by atoms with Crippen LogP contribution in [-0.2, 0) is 6.54 Å². The van der Waals surface area contributed by atoms with Gasteiger partial charge in [-0.3, -0.25) is 0 Å². The Bertz CT molecular complexity index is 368. The average Bonchev–Trinajstić information content (AvgIpc) is 2.24. The van der Waals surface area contributed by atoms with E-state index in [-0.39, 0.29) is 12.3 Å². The van der Waals surface area contributed by atoms with E-state index >= 15 is 0 Å². The van der Waals surface area contributed by atoms with Crippen LogP contribution in [0, 0.1) is 17.6 Å². The number of halogens is 2. The predicted molar refractivity (Wildman–Crippen MR) is 61.7 cm³/mol. The molecule has 0 spiro atoms. The molecule has 2 nitrogen and oxygen atoms in total. The molecule has 1 aromatic rings. The van der Waals surface area contributed by atoms with Gasteiger partial charge in [0.2, 0.25) is 0 Å². The van der Waals surface area contributed by atoms with Gasteiger partial charge >= 0.3 is 0 Å². The minimum absolute atomic E-state index is 0.121. The molecule has 17 heavy (non-hydrogen) atoms. The molecule has 0 atom stereocenters. The second-order valence-corrected chi connectivity index (χ2v) is 4.53. The number of hydrogen-bond acceptors (Lipinski definition) is 2. The van der Waals surface area contributed by atoms with E-state index in [0.717, 1.165) is 6.42 Å². The highest BCUT2D eigenvalue weighted by Gasteiger charge is 2.18. The fourth-order valence-electron chi connectivity index (χ4n) is 1.98. The van der Waals surface area contributed by atoms with Gasteiger partial charge in [-0.05, 0) is 30.0 Å². The zero-order valence-corrected chi connectivity index (χ0v) is 9.72. The molecule has 0 heterocycles. The van der Waals surface area contributed by atoms with Crippen molar-refractivity contribution in [2.75, 3.05) is 6.61 Å². The van der Waals surface area contributed by atoms with Crippen molar-refractivity contribution in [1.82, 2.24) is 0 Å². The maximum Gasteiger partial charge on any atom is 0.190 e. The van der Waals surface area contributed by atoms with Crippen LogP contribution in [0.2, 0.25) is 0 Å². The van der Waals surface area contributed by atoms with E-state index in [0.29, 0.717) is 18.1 Å². The Hall–Kier alpha value is -1.16. The summed E-state index contributed by atoms with van der Waals surface area (Å²) in [6.45, 7) is 0.497. The van der Waals surface area contributed by atoms with E-state index in [1.54, 1.807) is 0 Å². The maximum absolute atomic E-state index is 13.5. The van der Waals surface area contributed by atoms with Crippen LogP contribution < -0.4 is 10.5 Å². The lowest BCUT2D eigenvalue weighted by Crippen LogP contribution is -2.15. The predicted octanol–water partition coefficient (Wildman–Crippen LogP) is 2.99.